The quantitative estimate of drug-likeness (QED) is 0.920. The third-order valence-corrected chi connectivity index (χ3v) is 2.83. The van der Waals surface area contributed by atoms with Gasteiger partial charge in [-0.05, 0) is 12.1 Å². The Labute approximate surface area is 119 Å². The average molecular weight is 280 g/mol. The van der Waals surface area contributed by atoms with Gasteiger partial charge in [-0.15, -0.1) is 0 Å². The molecule has 1 N–H and O–H groups in total. The molecule has 0 unspecified atom stereocenters. The summed E-state index contributed by atoms with van der Waals surface area (Å²) >= 11 is 0. The first-order chi connectivity index (χ1) is 9.23. The summed E-state index contributed by atoms with van der Waals surface area (Å²) in [6, 6.07) is 6.09. The van der Waals surface area contributed by atoms with Gasteiger partial charge in [-0.2, -0.15) is 0 Å². The zero-order valence-corrected chi connectivity index (χ0v) is 12.4. The Balaban J connectivity index is 2.69. The van der Waals surface area contributed by atoms with Gasteiger partial charge in [-0.1, -0.05) is 32.9 Å². The van der Waals surface area contributed by atoms with Gasteiger partial charge in [-0.25, -0.2) is 4.39 Å². The van der Waals surface area contributed by atoms with Crippen molar-refractivity contribution in [2.75, 3.05) is 18.0 Å². The van der Waals surface area contributed by atoms with E-state index in [2.05, 4.69) is 5.32 Å². The van der Waals surface area contributed by atoms with Crippen molar-refractivity contribution in [2.45, 2.75) is 27.7 Å². The molecule has 1 aromatic carbocycles. The van der Waals surface area contributed by atoms with Gasteiger partial charge in [0.25, 0.3) is 0 Å². The minimum atomic E-state index is -0.487. The number of nitrogens with zero attached hydrogens (tertiary/aromatic N) is 1. The van der Waals surface area contributed by atoms with E-state index < -0.39 is 11.2 Å². The summed E-state index contributed by atoms with van der Waals surface area (Å²) in [5.41, 5.74) is -0.260. The third kappa shape index (κ3) is 4.33. The van der Waals surface area contributed by atoms with Crippen molar-refractivity contribution >= 4 is 17.5 Å². The first-order valence-corrected chi connectivity index (χ1v) is 6.54. The van der Waals surface area contributed by atoms with Crippen molar-refractivity contribution in [2.24, 2.45) is 5.41 Å². The highest BCUT2D eigenvalue weighted by molar-refractivity contribution is 5.91. The number of hydrogen-bond acceptors (Lipinski definition) is 2. The van der Waals surface area contributed by atoms with E-state index in [0.717, 1.165) is 0 Å². The van der Waals surface area contributed by atoms with Crippen molar-refractivity contribution in [1.29, 1.82) is 0 Å². The number of carbonyl (C=O) groups excluding carboxylic acids is 2. The monoisotopic (exact) mass is 280 g/mol. The second-order valence-corrected chi connectivity index (χ2v) is 5.63. The molecule has 0 atom stereocenters. The molecular formula is C15H21FN2O2. The maximum Gasteiger partial charge on any atom is 0.225 e. The molecule has 110 valence electrons. The highest BCUT2D eigenvalue weighted by Crippen LogP contribution is 2.18. The maximum absolute atomic E-state index is 13.7. The number of benzene rings is 1. The van der Waals surface area contributed by atoms with Crippen molar-refractivity contribution in [1.82, 2.24) is 5.32 Å². The Morgan fingerprint density at radius 2 is 1.85 bits per heavy atom. The molecule has 2 amide bonds. The Morgan fingerprint density at radius 3 is 2.35 bits per heavy atom. The van der Waals surface area contributed by atoms with Gasteiger partial charge in [0.1, 0.15) is 5.82 Å². The predicted octanol–water partition coefficient (Wildman–Crippen LogP) is 2.34. The number of amides is 2. The number of para-hydroxylation sites is 1. The number of nitrogens with one attached hydrogen (secondary N) is 1. The van der Waals surface area contributed by atoms with Crippen molar-refractivity contribution < 1.29 is 14.0 Å². The third-order valence-electron chi connectivity index (χ3n) is 2.83. The summed E-state index contributed by atoms with van der Waals surface area (Å²) < 4.78 is 13.7. The normalized spacial score (nSPS) is 11.1. The molecule has 5 heteroatoms. The van der Waals surface area contributed by atoms with Crippen LogP contribution in [-0.2, 0) is 9.59 Å². The molecule has 0 fully saturated rings. The molecule has 0 bridgehead atoms. The lowest BCUT2D eigenvalue weighted by Gasteiger charge is -2.23. The summed E-state index contributed by atoms with van der Waals surface area (Å²) in [5.74, 6) is -0.820. The summed E-state index contributed by atoms with van der Waals surface area (Å²) in [5, 5.41) is 2.74. The van der Waals surface area contributed by atoms with Crippen LogP contribution in [0.2, 0.25) is 0 Å². The molecule has 0 heterocycles. The highest BCUT2D eigenvalue weighted by atomic mass is 19.1. The van der Waals surface area contributed by atoms with Crippen molar-refractivity contribution in [3.63, 3.8) is 0 Å². The van der Waals surface area contributed by atoms with Crippen LogP contribution in [0.15, 0.2) is 24.3 Å². The highest BCUT2D eigenvalue weighted by Gasteiger charge is 2.21. The molecule has 0 aromatic heterocycles. The SMILES string of the molecule is CC(=O)N(CCNC(=O)C(C)(C)C)c1ccccc1F. The lowest BCUT2D eigenvalue weighted by molar-refractivity contribution is -0.128. The van der Waals surface area contributed by atoms with Gasteiger partial charge >= 0.3 is 0 Å². The molecule has 1 aromatic rings. The number of carbonyl (C=O) groups is 2. The van der Waals surface area contributed by atoms with Gasteiger partial charge in [0.05, 0.1) is 5.69 Å². The zero-order valence-electron chi connectivity index (χ0n) is 12.4. The van der Waals surface area contributed by atoms with Gasteiger partial charge < -0.3 is 10.2 Å². The van der Waals surface area contributed by atoms with Crippen LogP contribution in [0.4, 0.5) is 10.1 Å². The minimum Gasteiger partial charge on any atom is -0.354 e. The van der Waals surface area contributed by atoms with Crippen LogP contribution in [0, 0.1) is 11.2 Å². The molecule has 0 saturated carbocycles. The Morgan fingerprint density at radius 1 is 1.25 bits per heavy atom. The first-order valence-electron chi connectivity index (χ1n) is 6.54. The van der Waals surface area contributed by atoms with Crippen LogP contribution in [0.5, 0.6) is 0 Å². The van der Waals surface area contributed by atoms with E-state index in [4.69, 9.17) is 0 Å². The molecule has 0 aliphatic carbocycles. The predicted molar refractivity (Wildman–Crippen MR) is 76.9 cm³/mol. The largest absolute Gasteiger partial charge is 0.354 e. The van der Waals surface area contributed by atoms with E-state index >= 15 is 0 Å². The van der Waals surface area contributed by atoms with Gasteiger partial charge in [0.2, 0.25) is 11.8 Å². The van der Waals surface area contributed by atoms with E-state index in [-0.39, 0.29) is 30.6 Å². The molecule has 0 radical (unpaired) electrons. The van der Waals surface area contributed by atoms with Crippen LogP contribution < -0.4 is 10.2 Å². The smallest absolute Gasteiger partial charge is 0.225 e. The second kappa shape index (κ2) is 6.50. The first kappa shape index (κ1) is 16.1. The van der Waals surface area contributed by atoms with Crippen molar-refractivity contribution in [3.05, 3.63) is 30.1 Å². The van der Waals surface area contributed by atoms with Crippen LogP contribution >= 0.6 is 0 Å². The van der Waals surface area contributed by atoms with Crippen molar-refractivity contribution in [3.8, 4) is 0 Å². The summed E-state index contributed by atoms with van der Waals surface area (Å²) in [6.45, 7) is 7.31. The fourth-order valence-electron chi connectivity index (χ4n) is 1.66. The Hall–Kier alpha value is -1.91. The zero-order chi connectivity index (χ0) is 15.3. The molecule has 0 spiro atoms. The number of hydrogen-bond donors (Lipinski definition) is 1. The topological polar surface area (TPSA) is 49.4 Å². The molecule has 4 nitrogen and oxygen atoms in total. The fourth-order valence-corrected chi connectivity index (χ4v) is 1.66. The molecule has 0 saturated heterocycles. The van der Waals surface area contributed by atoms with E-state index in [1.54, 1.807) is 18.2 Å². The maximum atomic E-state index is 13.7. The van der Waals surface area contributed by atoms with E-state index in [1.165, 1.54) is 17.9 Å². The lowest BCUT2D eigenvalue weighted by atomic mass is 9.96. The minimum absolute atomic E-state index is 0.102. The molecule has 0 aliphatic rings. The van der Waals surface area contributed by atoms with Crippen LogP contribution in [0.1, 0.15) is 27.7 Å². The lowest BCUT2D eigenvalue weighted by Crippen LogP contribution is -2.41. The van der Waals surface area contributed by atoms with Gasteiger partial charge in [-0.3, -0.25) is 9.59 Å². The fraction of sp³-hybridized carbons (Fsp3) is 0.467. The van der Waals surface area contributed by atoms with Gasteiger partial charge in [0, 0.05) is 25.4 Å². The standard InChI is InChI=1S/C15H21FN2O2/c1-11(19)18(13-8-6-5-7-12(13)16)10-9-17-14(20)15(2,3)4/h5-8H,9-10H2,1-4H3,(H,17,20). The number of anilines is 1. The molecule has 1 rings (SSSR count). The summed E-state index contributed by atoms with van der Waals surface area (Å²) in [4.78, 5) is 24.7. The van der Waals surface area contributed by atoms with Crippen LogP contribution in [0.3, 0.4) is 0 Å². The molecular weight excluding hydrogens is 259 g/mol. The second-order valence-electron chi connectivity index (χ2n) is 5.63. The Bertz CT molecular complexity index is 495. The molecule has 20 heavy (non-hydrogen) atoms. The summed E-state index contributed by atoms with van der Waals surface area (Å²) in [7, 11) is 0. The van der Waals surface area contributed by atoms with E-state index in [1.807, 2.05) is 20.8 Å². The van der Waals surface area contributed by atoms with E-state index in [9.17, 15) is 14.0 Å². The van der Waals surface area contributed by atoms with Crippen LogP contribution in [0.25, 0.3) is 0 Å². The average Bonchev–Trinajstić information content (AvgIpc) is 2.34. The Kier molecular flexibility index (Phi) is 5.25. The van der Waals surface area contributed by atoms with Crippen LogP contribution in [-0.4, -0.2) is 24.9 Å². The molecule has 0 aliphatic heterocycles. The summed E-state index contributed by atoms with van der Waals surface area (Å²) in [6.07, 6.45) is 0. The van der Waals surface area contributed by atoms with Gasteiger partial charge in [0.15, 0.2) is 0 Å². The number of rotatable bonds is 4. The number of halogens is 1. The van der Waals surface area contributed by atoms with E-state index in [0.29, 0.717) is 0 Å².